The highest BCUT2D eigenvalue weighted by Crippen LogP contribution is 2.25. The Morgan fingerprint density at radius 1 is 1.11 bits per heavy atom. The van der Waals surface area contributed by atoms with Crippen LogP contribution in [0.1, 0.15) is 42.1 Å². The molecule has 2 amide bonds. The summed E-state index contributed by atoms with van der Waals surface area (Å²) < 4.78 is 5.71. The number of rotatable bonds is 5. The number of hydrogen-bond donors (Lipinski definition) is 3. The lowest BCUT2D eigenvalue weighted by Gasteiger charge is -2.31. The molecule has 0 spiro atoms. The Labute approximate surface area is 165 Å². The molecular formula is C21H30N2O5. The van der Waals surface area contributed by atoms with E-state index in [1.807, 2.05) is 19.1 Å². The van der Waals surface area contributed by atoms with Crippen LogP contribution in [-0.2, 0) is 9.53 Å². The molecule has 3 N–H and O–H groups in total. The fourth-order valence-corrected chi connectivity index (χ4v) is 3.72. The van der Waals surface area contributed by atoms with E-state index in [1.54, 1.807) is 17.0 Å². The van der Waals surface area contributed by atoms with Crippen molar-refractivity contribution in [3.63, 3.8) is 0 Å². The molecule has 3 rings (SSSR count). The van der Waals surface area contributed by atoms with Crippen LogP contribution in [-0.4, -0.2) is 71.0 Å². The maximum absolute atomic E-state index is 12.5. The molecule has 2 aliphatic heterocycles. The first-order chi connectivity index (χ1) is 13.3. The lowest BCUT2D eigenvalue weighted by atomic mass is 9.98. The second kappa shape index (κ2) is 9.03. The summed E-state index contributed by atoms with van der Waals surface area (Å²) >= 11 is 0. The molecule has 1 aromatic carbocycles. The van der Waals surface area contributed by atoms with Crippen LogP contribution in [0.15, 0.2) is 24.3 Å². The highest BCUT2D eigenvalue weighted by Gasteiger charge is 2.44. The number of benzene rings is 1. The number of aryl methyl sites for hydroxylation is 1. The smallest absolute Gasteiger partial charge is 0.251 e. The van der Waals surface area contributed by atoms with Crippen molar-refractivity contribution in [2.45, 2.75) is 57.5 Å². The van der Waals surface area contributed by atoms with Crippen LogP contribution < -0.4 is 5.32 Å². The van der Waals surface area contributed by atoms with Crippen molar-refractivity contribution in [2.75, 3.05) is 19.6 Å². The molecule has 4 atom stereocenters. The molecule has 1 aromatic rings. The van der Waals surface area contributed by atoms with Crippen LogP contribution in [0.5, 0.6) is 0 Å². The molecule has 2 aliphatic rings. The summed E-state index contributed by atoms with van der Waals surface area (Å²) in [5.74, 6) is 0.292. The Hall–Kier alpha value is -1.96. The number of nitrogens with one attached hydrogen (secondary N) is 1. The fraction of sp³-hybridized carbons (Fsp3) is 0.619. The van der Waals surface area contributed by atoms with Crippen molar-refractivity contribution in [1.29, 1.82) is 0 Å². The van der Waals surface area contributed by atoms with E-state index in [4.69, 9.17) is 4.74 Å². The zero-order valence-corrected chi connectivity index (χ0v) is 16.5. The Morgan fingerprint density at radius 2 is 1.71 bits per heavy atom. The molecule has 0 radical (unpaired) electrons. The van der Waals surface area contributed by atoms with Crippen LogP contribution in [0.2, 0.25) is 0 Å². The van der Waals surface area contributed by atoms with E-state index in [0.717, 1.165) is 31.5 Å². The number of aliphatic hydroxyl groups is 2. The van der Waals surface area contributed by atoms with Crippen molar-refractivity contribution in [3.8, 4) is 0 Å². The number of aliphatic hydroxyl groups excluding tert-OH is 2. The van der Waals surface area contributed by atoms with Crippen molar-refractivity contribution < 1.29 is 24.5 Å². The first-order valence-electron chi connectivity index (χ1n) is 9.99. The zero-order valence-electron chi connectivity index (χ0n) is 16.5. The summed E-state index contributed by atoms with van der Waals surface area (Å²) in [7, 11) is 0. The second-order valence-electron chi connectivity index (χ2n) is 8.04. The molecule has 2 heterocycles. The molecule has 0 unspecified atom stereocenters. The normalized spacial score (nSPS) is 28.4. The molecule has 28 heavy (non-hydrogen) atoms. The van der Waals surface area contributed by atoms with Gasteiger partial charge in [0.2, 0.25) is 5.91 Å². The van der Waals surface area contributed by atoms with E-state index in [9.17, 15) is 19.8 Å². The predicted octanol–water partition coefficient (Wildman–Crippen LogP) is 0.863. The molecule has 154 valence electrons. The number of hydrogen-bond acceptors (Lipinski definition) is 5. The monoisotopic (exact) mass is 390 g/mol. The van der Waals surface area contributed by atoms with Gasteiger partial charge in [-0.25, -0.2) is 0 Å². The number of amides is 2. The third kappa shape index (κ3) is 4.90. The number of ether oxygens (including phenoxy) is 1. The molecule has 0 saturated carbocycles. The first kappa shape index (κ1) is 20.8. The lowest BCUT2D eigenvalue weighted by molar-refractivity contribution is -0.136. The predicted molar refractivity (Wildman–Crippen MR) is 104 cm³/mol. The fourth-order valence-electron chi connectivity index (χ4n) is 3.72. The van der Waals surface area contributed by atoms with E-state index in [1.165, 1.54) is 0 Å². The van der Waals surface area contributed by atoms with Gasteiger partial charge in [-0.1, -0.05) is 24.6 Å². The molecule has 7 nitrogen and oxygen atoms in total. The van der Waals surface area contributed by atoms with E-state index in [2.05, 4.69) is 12.2 Å². The Morgan fingerprint density at radius 3 is 2.36 bits per heavy atom. The first-order valence-corrected chi connectivity index (χ1v) is 9.99. The van der Waals surface area contributed by atoms with Gasteiger partial charge in [-0.2, -0.15) is 0 Å². The Balaban J connectivity index is 1.50. The highest BCUT2D eigenvalue weighted by atomic mass is 16.5. The standard InChI is InChI=1S/C21H30N2O5/c1-13-3-5-15(6-4-13)21(27)22-12-17-20(26)19(25)16(28-17)11-18(24)23-9-7-14(2)8-10-23/h3-6,14,16-17,19-20,25-26H,7-12H2,1-2H3,(H,22,27)/t16-,17+,19-,20+/m0/s1. The van der Waals surface area contributed by atoms with Crippen LogP contribution in [0.4, 0.5) is 0 Å². The summed E-state index contributed by atoms with van der Waals surface area (Å²) in [5.41, 5.74) is 1.58. The molecule has 2 fully saturated rings. The van der Waals surface area contributed by atoms with Gasteiger partial charge < -0.3 is 25.2 Å². The molecule has 7 heteroatoms. The maximum atomic E-state index is 12.5. The van der Waals surface area contributed by atoms with Crippen molar-refractivity contribution in [1.82, 2.24) is 10.2 Å². The second-order valence-corrected chi connectivity index (χ2v) is 8.04. The van der Waals surface area contributed by atoms with Gasteiger partial charge in [0.25, 0.3) is 5.91 Å². The average Bonchev–Trinajstić information content (AvgIpc) is 2.95. The van der Waals surface area contributed by atoms with Gasteiger partial charge in [-0.15, -0.1) is 0 Å². The largest absolute Gasteiger partial charge is 0.388 e. The van der Waals surface area contributed by atoms with Gasteiger partial charge >= 0.3 is 0 Å². The minimum atomic E-state index is -1.14. The number of nitrogens with zero attached hydrogens (tertiary/aromatic N) is 1. The molecule has 0 bridgehead atoms. The van der Waals surface area contributed by atoms with Gasteiger partial charge in [-0.05, 0) is 37.8 Å². The van der Waals surface area contributed by atoms with E-state index in [0.29, 0.717) is 11.5 Å². The molecular weight excluding hydrogens is 360 g/mol. The number of likely N-dealkylation sites (tertiary alicyclic amines) is 1. The van der Waals surface area contributed by atoms with Crippen molar-refractivity contribution in [3.05, 3.63) is 35.4 Å². The van der Waals surface area contributed by atoms with E-state index in [-0.39, 0.29) is 24.8 Å². The quantitative estimate of drug-likeness (QED) is 0.693. The topological polar surface area (TPSA) is 99.1 Å². The third-order valence-electron chi connectivity index (χ3n) is 5.75. The van der Waals surface area contributed by atoms with E-state index < -0.39 is 24.4 Å². The summed E-state index contributed by atoms with van der Waals surface area (Å²) in [6.07, 6.45) is -1.79. The summed E-state index contributed by atoms with van der Waals surface area (Å²) in [4.78, 5) is 26.5. The summed E-state index contributed by atoms with van der Waals surface area (Å²) in [5, 5.41) is 23.2. The van der Waals surface area contributed by atoms with Crippen molar-refractivity contribution in [2.24, 2.45) is 5.92 Å². The molecule has 2 saturated heterocycles. The third-order valence-corrected chi connectivity index (χ3v) is 5.75. The van der Waals surface area contributed by atoms with E-state index >= 15 is 0 Å². The van der Waals surface area contributed by atoms with Crippen molar-refractivity contribution >= 4 is 11.8 Å². The molecule has 0 aromatic heterocycles. The number of piperidine rings is 1. The average molecular weight is 390 g/mol. The summed E-state index contributed by atoms with van der Waals surface area (Å²) in [6.45, 7) is 5.63. The van der Waals surface area contributed by atoms with Crippen LogP contribution in [0.25, 0.3) is 0 Å². The van der Waals surface area contributed by atoms with Crippen LogP contribution >= 0.6 is 0 Å². The number of carbonyl (C=O) groups excluding carboxylic acids is 2. The summed E-state index contributed by atoms with van der Waals surface area (Å²) in [6, 6.07) is 7.16. The Bertz CT molecular complexity index is 685. The molecule has 0 aliphatic carbocycles. The van der Waals surface area contributed by atoms with Crippen LogP contribution in [0, 0.1) is 12.8 Å². The van der Waals surface area contributed by atoms with Gasteiger partial charge in [0, 0.05) is 25.2 Å². The van der Waals surface area contributed by atoms with Gasteiger partial charge in [0.05, 0.1) is 12.5 Å². The minimum absolute atomic E-state index is 0.0367. The SMILES string of the molecule is Cc1ccc(C(=O)NC[C@H]2O[C@@H](CC(=O)N3CCC(C)CC3)[C@H](O)[C@@H]2O)cc1. The van der Waals surface area contributed by atoms with Gasteiger partial charge in [0.15, 0.2) is 0 Å². The van der Waals surface area contributed by atoms with Gasteiger partial charge in [0.1, 0.15) is 18.3 Å². The van der Waals surface area contributed by atoms with Crippen LogP contribution in [0.3, 0.4) is 0 Å². The lowest BCUT2D eigenvalue weighted by Crippen LogP contribution is -2.41. The maximum Gasteiger partial charge on any atom is 0.251 e. The van der Waals surface area contributed by atoms with Gasteiger partial charge in [-0.3, -0.25) is 9.59 Å². The zero-order chi connectivity index (χ0) is 20.3. The Kier molecular flexibility index (Phi) is 6.69. The minimum Gasteiger partial charge on any atom is -0.388 e. The highest BCUT2D eigenvalue weighted by molar-refractivity contribution is 5.94. The number of carbonyl (C=O) groups is 2.